The highest BCUT2D eigenvalue weighted by Crippen LogP contribution is 2.12. The predicted molar refractivity (Wildman–Crippen MR) is 98.2 cm³/mol. The van der Waals surface area contributed by atoms with Gasteiger partial charge in [0.15, 0.2) is 0 Å². The summed E-state index contributed by atoms with van der Waals surface area (Å²) in [5, 5.41) is 0. The van der Waals surface area contributed by atoms with E-state index in [1.165, 1.54) is 41.5 Å². The fraction of sp³-hybridized carbons (Fsp3) is 0.364. The molecule has 0 atom stereocenters. The summed E-state index contributed by atoms with van der Waals surface area (Å²) in [5.74, 6) is 0. The lowest BCUT2D eigenvalue weighted by Gasteiger charge is -2.05. The van der Waals surface area contributed by atoms with Crippen molar-refractivity contribution in [3.63, 3.8) is 0 Å². The molecule has 0 heterocycles. The van der Waals surface area contributed by atoms with Gasteiger partial charge in [0.2, 0.25) is 0 Å². The molecular formula is C22H28. The normalized spacial score (nSPS) is 11.2. The molecule has 2 rings (SSSR count). The molecule has 2 aromatic rings. The van der Waals surface area contributed by atoms with Crippen molar-refractivity contribution in [1.29, 1.82) is 0 Å². The van der Waals surface area contributed by atoms with Gasteiger partial charge < -0.3 is 0 Å². The summed E-state index contributed by atoms with van der Waals surface area (Å²) in [7, 11) is 0. The molecule has 0 N–H and O–H groups in total. The lowest BCUT2D eigenvalue weighted by Crippen LogP contribution is -1.92. The van der Waals surface area contributed by atoms with Gasteiger partial charge in [-0.05, 0) is 47.9 Å². The summed E-state index contributed by atoms with van der Waals surface area (Å²) >= 11 is 0. The van der Waals surface area contributed by atoms with Gasteiger partial charge in [0.05, 0.1) is 0 Å². The van der Waals surface area contributed by atoms with Crippen LogP contribution in [0.3, 0.4) is 0 Å². The van der Waals surface area contributed by atoms with Crippen LogP contribution in [-0.2, 0) is 19.3 Å². The number of aryl methyl sites for hydroxylation is 3. The van der Waals surface area contributed by atoms with E-state index in [-0.39, 0.29) is 0 Å². The van der Waals surface area contributed by atoms with Crippen LogP contribution in [-0.4, -0.2) is 0 Å². The Bertz CT molecular complexity index is 558. The highest BCUT2D eigenvalue weighted by molar-refractivity contribution is 5.49. The summed E-state index contributed by atoms with van der Waals surface area (Å²) in [6.07, 6.45) is 11.5. The standard InChI is InChI=1S/C22H28/c1-3-5-6-8-20-11-15-22(16-12-20)18-17-21-13-9-19(7-4-2)10-14-21/h6,8-16H,3-5,7,17-18H2,1-2H3. The van der Waals surface area contributed by atoms with Crippen molar-refractivity contribution in [1.82, 2.24) is 0 Å². The van der Waals surface area contributed by atoms with E-state index in [0.717, 1.165) is 19.3 Å². The van der Waals surface area contributed by atoms with E-state index in [1.807, 2.05) is 0 Å². The molecule has 0 bridgehead atoms. The Morgan fingerprint density at radius 1 is 0.636 bits per heavy atom. The predicted octanol–water partition coefficient (Wildman–Crippen LogP) is 6.24. The minimum Gasteiger partial charge on any atom is -0.0840 e. The van der Waals surface area contributed by atoms with E-state index in [4.69, 9.17) is 0 Å². The first-order valence-corrected chi connectivity index (χ1v) is 8.65. The van der Waals surface area contributed by atoms with Crippen molar-refractivity contribution in [2.75, 3.05) is 0 Å². The summed E-state index contributed by atoms with van der Waals surface area (Å²) in [4.78, 5) is 0. The molecule has 0 radical (unpaired) electrons. The largest absolute Gasteiger partial charge is 0.0840 e. The second-order valence-electron chi connectivity index (χ2n) is 6.00. The van der Waals surface area contributed by atoms with Gasteiger partial charge in [-0.1, -0.05) is 87.4 Å². The molecule has 116 valence electrons. The topological polar surface area (TPSA) is 0 Å². The van der Waals surface area contributed by atoms with Gasteiger partial charge in [-0.15, -0.1) is 0 Å². The zero-order chi connectivity index (χ0) is 15.6. The molecule has 0 amide bonds. The van der Waals surface area contributed by atoms with Crippen molar-refractivity contribution in [2.45, 2.75) is 52.4 Å². The third-order valence-corrected chi connectivity index (χ3v) is 4.01. The lowest BCUT2D eigenvalue weighted by atomic mass is 10.0. The minimum atomic E-state index is 1.12. The first kappa shape index (κ1) is 16.5. The molecule has 0 saturated carbocycles. The van der Waals surface area contributed by atoms with Crippen LogP contribution < -0.4 is 0 Å². The molecule has 0 spiro atoms. The summed E-state index contributed by atoms with van der Waals surface area (Å²) in [6, 6.07) is 18.1. The molecule has 0 nitrogen and oxygen atoms in total. The Labute approximate surface area is 135 Å². The van der Waals surface area contributed by atoms with Crippen molar-refractivity contribution in [3.05, 3.63) is 76.9 Å². The molecule has 0 heteroatoms. The van der Waals surface area contributed by atoms with Gasteiger partial charge in [0.1, 0.15) is 0 Å². The Morgan fingerprint density at radius 2 is 1.14 bits per heavy atom. The number of hydrogen-bond acceptors (Lipinski definition) is 0. The van der Waals surface area contributed by atoms with Crippen molar-refractivity contribution >= 4 is 6.08 Å². The molecule has 0 aliphatic carbocycles. The highest BCUT2D eigenvalue weighted by Gasteiger charge is 1.97. The molecule has 0 aliphatic rings. The first-order valence-electron chi connectivity index (χ1n) is 8.65. The van der Waals surface area contributed by atoms with E-state index >= 15 is 0 Å². The van der Waals surface area contributed by atoms with E-state index in [9.17, 15) is 0 Å². The highest BCUT2D eigenvalue weighted by atomic mass is 14.0. The summed E-state index contributed by atoms with van der Waals surface area (Å²) in [5.41, 5.74) is 5.62. The molecule has 2 aromatic carbocycles. The SMILES string of the molecule is CCCC=Cc1ccc(CCc2ccc(CCC)cc2)cc1. The maximum Gasteiger partial charge on any atom is -0.0238 e. The van der Waals surface area contributed by atoms with Crippen LogP contribution in [0.15, 0.2) is 54.6 Å². The quantitative estimate of drug-likeness (QED) is 0.540. The number of unbranched alkanes of at least 4 members (excludes halogenated alkanes) is 1. The van der Waals surface area contributed by atoms with Gasteiger partial charge in [-0.3, -0.25) is 0 Å². The Kier molecular flexibility index (Phi) is 6.96. The van der Waals surface area contributed by atoms with E-state index in [1.54, 1.807) is 0 Å². The summed E-state index contributed by atoms with van der Waals surface area (Å²) < 4.78 is 0. The van der Waals surface area contributed by atoms with Crippen LogP contribution in [0.2, 0.25) is 0 Å². The number of hydrogen-bond donors (Lipinski definition) is 0. The maximum atomic E-state index is 2.28. The van der Waals surface area contributed by atoms with Crippen LogP contribution in [0.1, 0.15) is 55.4 Å². The molecule has 0 fully saturated rings. The zero-order valence-corrected chi connectivity index (χ0v) is 14.0. The molecular weight excluding hydrogens is 264 g/mol. The zero-order valence-electron chi connectivity index (χ0n) is 14.0. The third-order valence-electron chi connectivity index (χ3n) is 4.01. The summed E-state index contributed by atoms with van der Waals surface area (Å²) in [6.45, 7) is 4.44. The Morgan fingerprint density at radius 3 is 1.64 bits per heavy atom. The van der Waals surface area contributed by atoms with Gasteiger partial charge >= 0.3 is 0 Å². The monoisotopic (exact) mass is 292 g/mol. The van der Waals surface area contributed by atoms with Gasteiger partial charge in [0, 0.05) is 0 Å². The molecule has 0 aliphatic heterocycles. The number of benzene rings is 2. The van der Waals surface area contributed by atoms with Crippen LogP contribution in [0, 0.1) is 0 Å². The lowest BCUT2D eigenvalue weighted by molar-refractivity contribution is 0.914. The van der Waals surface area contributed by atoms with Gasteiger partial charge in [-0.25, -0.2) is 0 Å². The second kappa shape index (κ2) is 9.25. The van der Waals surface area contributed by atoms with Gasteiger partial charge in [-0.2, -0.15) is 0 Å². The minimum absolute atomic E-state index is 1.12. The van der Waals surface area contributed by atoms with Crippen molar-refractivity contribution < 1.29 is 0 Å². The van der Waals surface area contributed by atoms with Crippen molar-refractivity contribution in [3.8, 4) is 0 Å². The fourth-order valence-electron chi connectivity index (χ4n) is 2.63. The fourth-order valence-corrected chi connectivity index (χ4v) is 2.63. The maximum absolute atomic E-state index is 2.28. The van der Waals surface area contributed by atoms with E-state index in [2.05, 4.69) is 74.5 Å². The second-order valence-corrected chi connectivity index (χ2v) is 6.00. The van der Waals surface area contributed by atoms with Crippen LogP contribution in [0.4, 0.5) is 0 Å². The Hall–Kier alpha value is -1.82. The molecule has 0 unspecified atom stereocenters. The van der Waals surface area contributed by atoms with Crippen LogP contribution in [0.25, 0.3) is 6.08 Å². The number of allylic oxidation sites excluding steroid dienone is 1. The van der Waals surface area contributed by atoms with Crippen molar-refractivity contribution in [2.24, 2.45) is 0 Å². The van der Waals surface area contributed by atoms with Gasteiger partial charge in [0.25, 0.3) is 0 Å². The average Bonchev–Trinajstić information content (AvgIpc) is 2.56. The van der Waals surface area contributed by atoms with E-state index in [0.29, 0.717) is 0 Å². The Balaban J connectivity index is 1.85. The van der Waals surface area contributed by atoms with Crippen LogP contribution >= 0.6 is 0 Å². The smallest absolute Gasteiger partial charge is 0.0238 e. The average molecular weight is 292 g/mol. The third kappa shape index (κ3) is 5.52. The van der Waals surface area contributed by atoms with Crippen LogP contribution in [0.5, 0.6) is 0 Å². The number of rotatable bonds is 8. The molecule has 0 saturated heterocycles. The first-order chi connectivity index (χ1) is 10.8. The molecule has 22 heavy (non-hydrogen) atoms. The van der Waals surface area contributed by atoms with E-state index < -0.39 is 0 Å². The molecule has 0 aromatic heterocycles.